The van der Waals surface area contributed by atoms with Crippen molar-refractivity contribution in [3.8, 4) is 17.1 Å². The standard InChI is InChI=1S/C20H25N3O3/c1-25-16-10-6-9-15(13-16)18-21-19(26-22-18)17-11-4-5-12-23(17)20(24)14-7-2-3-8-14/h6,9-10,13-14,17H,2-5,7-8,11-12H2,1H3/t17-/m0/s1. The van der Waals surface area contributed by atoms with Crippen molar-refractivity contribution in [1.82, 2.24) is 15.0 Å². The maximum Gasteiger partial charge on any atom is 0.249 e. The second-order valence-electron chi connectivity index (χ2n) is 7.21. The lowest BCUT2D eigenvalue weighted by Crippen LogP contribution is -2.41. The third-order valence-corrected chi connectivity index (χ3v) is 5.55. The number of hydrogen-bond acceptors (Lipinski definition) is 5. The van der Waals surface area contributed by atoms with Crippen LogP contribution in [-0.4, -0.2) is 34.6 Å². The molecule has 6 nitrogen and oxygen atoms in total. The third kappa shape index (κ3) is 3.32. The van der Waals surface area contributed by atoms with Gasteiger partial charge in [-0.15, -0.1) is 0 Å². The highest BCUT2D eigenvalue weighted by molar-refractivity contribution is 5.79. The fourth-order valence-corrected chi connectivity index (χ4v) is 4.11. The Kier molecular flexibility index (Phi) is 4.91. The molecule has 1 saturated carbocycles. The molecule has 2 fully saturated rings. The molecule has 1 aromatic heterocycles. The minimum atomic E-state index is -0.0938. The monoisotopic (exact) mass is 355 g/mol. The second-order valence-corrected chi connectivity index (χ2v) is 7.21. The second kappa shape index (κ2) is 7.48. The van der Waals surface area contributed by atoms with Gasteiger partial charge in [0.05, 0.1) is 7.11 Å². The third-order valence-electron chi connectivity index (χ3n) is 5.55. The number of rotatable bonds is 4. The summed E-state index contributed by atoms with van der Waals surface area (Å²) in [6.07, 6.45) is 7.37. The fraction of sp³-hybridized carbons (Fsp3) is 0.550. The zero-order valence-electron chi connectivity index (χ0n) is 15.2. The summed E-state index contributed by atoms with van der Waals surface area (Å²) in [7, 11) is 1.63. The topological polar surface area (TPSA) is 68.5 Å². The van der Waals surface area contributed by atoms with Crippen molar-refractivity contribution < 1.29 is 14.1 Å². The Morgan fingerprint density at radius 2 is 2.00 bits per heavy atom. The van der Waals surface area contributed by atoms with Crippen molar-refractivity contribution in [2.24, 2.45) is 5.92 Å². The van der Waals surface area contributed by atoms with Gasteiger partial charge in [0.2, 0.25) is 17.6 Å². The van der Waals surface area contributed by atoms with Gasteiger partial charge in [0.1, 0.15) is 11.8 Å². The van der Waals surface area contributed by atoms with Gasteiger partial charge < -0.3 is 14.2 Å². The van der Waals surface area contributed by atoms with Crippen LogP contribution >= 0.6 is 0 Å². The first-order valence-electron chi connectivity index (χ1n) is 9.55. The number of nitrogens with zero attached hydrogens (tertiary/aromatic N) is 3. The molecule has 2 aliphatic rings. The first kappa shape index (κ1) is 17.1. The molecule has 0 N–H and O–H groups in total. The molecule has 2 heterocycles. The van der Waals surface area contributed by atoms with E-state index in [-0.39, 0.29) is 17.9 Å². The van der Waals surface area contributed by atoms with Crippen molar-refractivity contribution in [3.05, 3.63) is 30.2 Å². The maximum absolute atomic E-state index is 13.0. The van der Waals surface area contributed by atoms with E-state index in [2.05, 4.69) is 10.1 Å². The summed E-state index contributed by atoms with van der Waals surface area (Å²) in [4.78, 5) is 19.6. The molecule has 0 bridgehead atoms. The van der Waals surface area contributed by atoms with Crippen molar-refractivity contribution in [2.75, 3.05) is 13.7 Å². The quantitative estimate of drug-likeness (QED) is 0.829. The molecule has 1 atom stereocenters. The Balaban J connectivity index is 1.57. The van der Waals surface area contributed by atoms with Crippen molar-refractivity contribution in [2.45, 2.75) is 51.0 Å². The van der Waals surface area contributed by atoms with Crippen LogP contribution in [0.5, 0.6) is 5.75 Å². The molecule has 0 radical (unpaired) electrons. The summed E-state index contributed by atoms with van der Waals surface area (Å²) in [6, 6.07) is 7.51. The molecule has 138 valence electrons. The van der Waals surface area contributed by atoms with Crippen LogP contribution < -0.4 is 4.74 Å². The molecule has 6 heteroatoms. The van der Waals surface area contributed by atoms with Crippen molar-refractivity contribution in [3.63, 3.8) is 0 Å². The lowest BCUT2D eigenvalue weighted by molar-refractivity contribution is -0.140. The van der Waals surface area contributed by atoms with E-state index in [1.54, 1.807) is 7.11 Å². The van der Waals surface area contributed by atoms with Gasteiger partial charge >= 0.3 is 0 Å². The Labute approximate surface area is 153 Å². The fourth-order valence-electron chi connectivity index (χ4n) is 4.11. The first-order chi connectivity index (χ1) is 12.8. The van der Waals surface area contributed by atoms with Gasteiger partial charge in [-0.3, -0.25) is 4.79 Å². The smallest absolute Gasteiger partial charge is 0.249 e. The molecule has 1 aromatic carbocycles. The van der Waals surface area contributed by atoms with Crippen molar-refractivity contribution in [1.29, 1.82) is 0 Å². The summed E-state index contributed by atoms with van der Waals surface area (Å²) in [5, 5.41) is 4.15. The SMILES string of the molecule is COc1cccc(-c2noc([C@@H]3CCCCN3C(=O)C3CCCC3)n2)c1. The predicted molar refractivity (Wildman–Crippen MR) is 96.5 cm³/mol. The molecule has 0 unspecified atom stereocenters. The van der Waals surface area contributed by atoms with E-state index in [4.69, 9.17) is 9.26 Å². The zero-order valence-corrected chi connectivity index (χ0v) is 15.2. The molecular weight excluding hydrogens is 330 g/mol. The van der Waals surface area contributed by atoms with Gasteiger partial charge in [0.15, 0.2) is 0 Å². The van der Waals surface area contributed by atoms with Crippen LogP contribution in [0.2, 0.25) is 0 Å². The molecule has 1 aliphatic heterocycles. The highest BCUT2D eigenvalue weighted by Crippen LogP contribution is 2.35. The molecule has 1 saturated heterocycles. The number of hydrogen-bond donors (Lipinski definition) is 0. The number of aromatic nitrogens is 2. The minimum absolute atomic E-state index is 0.0938. The molecule has 2 aromatic rings. The number of carbonyl (C=O) groups is 1. The summed E-state index contributed by atoms with van der Waals surface area (Å²) < 4.78 is 10.8. The largest absolute Gasteiger partial charge is 0.497 e. The number of amides is 1. The van der Waals surface area contributed by atoms with Gasteiger partial charge in [-0.2, -0.15) is 4.98 Å². The van der Waals surface area contributed by atoms with Crippen LogP contribution in [-0.2, 0) is 4.79 Å². The van der Waals surface area contributed by atoms with Crippen LogP contribution in [0, 0.1) is 5.92 Å². The lowest BCUT2D eigenvalue weighted by atomic mass is 9.98. The summed E-state index contributed by atoms with van der Waals surface area (Å²) in [6.45, 7) is 0.789. The molecule has 1 aliphatic carbocycles. The Bertz CT molecular complexity index is 767. The van der Waals surface area contributed by atoms with Crippen molar-refractivity contribution >= 4 is 5.91 Å². The molecule has 26 heavy (non-hydrogen) atoms. The Morgan fingerprint density at radius 1 is 1.19 bits per heavy atom. The van der Waals surface area contributed by atoms with Crippen LogP contribution in [0.1, 0.15) is 56.9 Å². The van der Waals surface area contributed by atoms with E-state index < -0.39 is 0 Å². The highest BCUT2D eigenvalue weighted by atomic mass is 16.5. The van der Waals surface area contributed by atoms with Crippen LogP contribution in [0.15, 0.2) is 28.8 Å². The van der Waals surface area contributed by atoms with E-state index in [9.17, 15) is 4.79 Å². The lowest BCUT2D eigenvalue weighted by Gasteiger charge is -2.35. The number of benzene rings is 1. The number of methoxy groups -OCH3 is 1. The van der Waals surface area contributed by atoms with Gasteiger partial charge in [0.25, 0.3) is 0 Å². The first-order valence-corrected chi connectivity index (χ1v) is 9.55. The number of ether oxygens (including phenoxy) is 1. The van der Waals surface area contributed by atoms with Crippen LogP contribution in [0.4, 0.5) is 0 Å². The number of likely N-dealkylation sites (tertiary alicyclic amines) is 1. The normalized spacial score (nSPS) is 21.1. The Hall–Kier alpha value is -2.37. The Morgan fingerprint density at radius 3 is 2.81 bits per heavy atom. The zero-order chi connectivity index (χ0) is 17.9. The van der Waals surface area contributed by atoms with E-state index in [1.165, 1.54) is 0 Å². The van der Waals surface area contributed by atoms with Crippen LogP contribution in [0.3, 0.4) is 0 Å². The molecular formula is C20H25N3O3. The van der Waals surface area contributed by atoms with E-state index in [0.717, 1.165) is 62.8 Å². The van der Waals surface area contributed by atoms with E-state index >= 15 is 0 Å². The average molecular weight is 355 g/mol. The average Bonchev–Trinajstić information content (AvgIpc) is 3.39. The van der Waals surface area contributed by atoms with Gasteiger partial charge in [-0.05, 0) is 44.2 Å². The molecule has 4 rings (SSSR count). The summed E-state index contributed by atoms with van der Waals surface area (Å²) in [5.41, 5.74) is 0.851. The molecule has 0 spiro atoms. The van der Waals surface area contributed by atoms with E-state index in [1.807, 2.05) is 29.2 Å². The summed E-state index contributed by atoms with van der Waals surface area (Å²) >= 11 is 0. The predicted octanol–water partition coefficient (Wildman–Crippen LogP) is 3.99. The summed E-state index contributed by atoms with van der Waals surface area (Å²) in [5.74, 6) is 2.29. The maximum atomic E-state index is 13.0. The highest BCUT2D eigenvalue weighted by Gasteiger charge is 2.36. The van der Waals surface area contributed by atoms with E-state index in [0.29, 0.717) is 11.7 Å². The number of piperidine rings is 1. The van der Waals surface area contributed by atoms with Gasteiger partial charge in [-0.25, -0.2) is 0 Å². The van der Waals surface area contributed by atoms with Gasteiger partial charge in [0, 0.05) is 18.0 Å². The number of carbonyl (C=O) groups excluding carboxylic acids is 1. The molecule has 1 amide bonds. The van der Waals surface area contributed by atoms with Crippen LogP contribution in [0.25, 0.3) is 11.4 Å². The van der Waals surface area contributed by atoms with Gasteiger partial charge in [-0.1, -0.05) is 30.1 Å². The minimum Gasteiger partial charge on any atom is -0.497 e.